The summed E-state index contributed by atoms with van der Waals surface area (Å²) in [6, 6.07) is 12.5. The fraction of sp³-hybridized carbons (Fsp3) is 0.222. The molecule has 2 heterocycles. The van der Waals surface area contributed by atoms with Crippen LogP contribution in [0.5, 0.6) is 0 Å². The van der Waals surface area contributed by atoms with Crippen molar-refractivity contribution in [1.29, 1.82) is 0 Å². The number of nitrogens with zero attached hydrogens (tertiary/aromatic N) is 3. The molecular formula is C18H18N3O+. The van der Waals surface area contributed by atoms with E-state index in [0.29, 0.717) is 0 Å². The first-order valence-corrected chi connectivity index (χ1v) is 7.38. The summed E-state index contributed by atoms with van der Waals surface area (Å²) in [5.41, 5.74) is 4.23. The third kappa shape index (κ3) is 1.70. The van der Waals surface area contributed by atoms with Gasteiger partial charge in [0.2, 0.25) is 0 Å². The van der Waals surface area contributed by atoms with E-state index in [9.17, 15) is 0 Å². The Morgan fingerprint density at radius 3 is 2.55 bits per heavy atom. The molecule has 0 bridgehead atoms. The lowest BCUT2D eigenvalue weighted by molar-refractivity contribution is -0.667. The maximum atomic E-state index is 5.96. The topological polar surface area (TPSA) is 34.8 Å². The number of aromatic nitrogens is 3. The molecule has 0 aliphatic rings. The highest BCUT2D eigenvalue weighted by molar-refractivity contribution is 6.06. The van der Waals surface area contributed by atoms with E-state index in [-0.39, 0.29) is 0 Å². The van der Waals surface area contributed by atoms with E-state index < -0.39 is 0 Å². The summed E-state index contributed by atoms with van der Waals surface area (Å²) < 4.78 is 10.0. The van der Waals surface area contributed by atoms with Crippen LogP contribution in [0, 0.1) is 13.8 Å². The van der Waals surface area contributed by atoms with Gasteiger partial charge < -0.3 is 4.42 Å². The van der Waals surface area contributed by atoms with Crippen molar-refractivity contribution >= 4 is 21.9 Å². The summed E-state index contributed by atoms with van der Waals surface area (Å²) in [5, 5.41) is 6.82. The van der Waals surface area contributed by atoms with Crippen molar-refractivity contribution in [2.24, 2.45) is 14.1 Å². The molecule has 0 amide bonds. The van der Waals surface area contributed by atoms with E-state index in [1.807, 2.05) is 36.9 Å². The van der Waals surface area contributed by atoms with Gasteiger partial charge in [0.25, 0.3) is 11.6 Å². The minimum absolute atomic E-state index is 0.930. The predicted molar refractivity (Wildman–Crippen MR) is 86.6 cm³/mol. The van der Waals surface area contributed by atoms with Gasteiger partial charge in [-0.15, -0.1) is 4.68 Å². The van der Waals surface area contributed by atoms with Crippen LogP contribution in [0.15, 0.2) is 40.8 Å². The summed E-state index contributed by atoms with van der Waals surface area (Å²) >= 11 is 0. The summed E-state index contributed by atoms with van der Waals surface area (Å²) in [6.07, 6.45) is 0. The van der Waals surface area contributed by atoms with Crippen molar-refractivity contribution in [3.05, 3.63) is 47.8 Å². The molecule has 4 heteroatoms. The number of furan rings is 1. The van der Waals surface area contributed by atoms with Gasteiger partial charge in [0, 0.05) is 22.8 Å². The van der Waals surface area contributed by atoms with Crippen LogP contribution in [-0.2, 0) is 14.1 Å². The lowest BCUT2D eigenvalue weighted by Crippen LogP contribution is -2.32. The fourth-order valence-electron chi connectivity index (χ4n) is 3.17. The number of aryl methyl sites for hydroxylation is 3. The van der Waals surface area contributed by atoms with E-state index in [2.05, 4.69) is 41.8 Å². The molecule has 4 nitrogen and oxygen atoms in total. The highest BCUT2D eigenvalue weighted by Gasteiger charge is 2.22. The van der Waals surface area contributed by atoms with E-state index in [1.165, 1.54) is 11.1 Å². The van der Waals surface area contributed by atoms with Crippen LogP contribution in [0.3, 0.4) is 0 Å². The number of fused-ring (bicyclic) bond motifs is 3. The monoisotopic (exact) mass is 292 g/mol. The zero-order chi connectivity index (χ0) is 15.4. The molecule has 2 aromatic carbocycles. The minimum Gasteiger partial charge on any atom is -0.456 e. The van der Waals surface area contributed by atoms with Crippen LogP contribution in [0.4, 0.5) is 0 Å². The van der Waals surface area contributed by atoms with Crippen molar-refractivity contribution in [3.63, 3.8) is 0 Å². The van der Waals surface area contributed by atoms with E-state index in [4.69, 9.17) is 4.42 Å². The first-order chi connectivity index (χ1) is 10.6. The summed E-state index contributed by atoms with van der Waals surface area (Å²) in [5.74, 6) is 2.09. The van der Waals surface area contributed by atoms with E-state index in [0.717, 1.165) is 33.6 Å². The van der Waals surface area contributed by atoms with Gasteiger partial charge in [0.05, 0.1) is 19.7 Å². The molecule has 2 aromatic heterocycles. The molecule has 0 saturated heterocycles. The Morgan fingerprint density at radius 2 is 1.82 bits per heavy atom. The Kier molecular flexibility index (Phi) is 2.64. The average molecular weight is 292 g/mol. The second kappa shape index (κ2) is 4.44. The van der Waals surface area contributed by atoms with Gasteiger partial charge in [-0.25, -0.2) is 4.57 Å². The number of benzene rings is 2. The van der Waals surface area contributed by atoms with Gasteiger partial charge in [-0.3, -0.25) is 0 Å². The fourth-order valence-corrected chi connectivity index (χ4v) is 3.17. The Morgan fingerprint density at radius 1 is 1.05 bits per heavy atom. The quantitative estimate of drug-likeness (QED) is 0.504. The SMILES string of the molecule is Cc1cc2oc3ccccc3c2cc1-c1n(C)nc(C)[n+]1C. The predicted octanol–water partition coefficient (Wildman–Crippen LogP) is 3.43. The Balaban J connectivity index is 2.10. The second-order valence-corrected chi connectivity index (χ2v) is 5.81. The number of rotatable bonds is 1. The molecule has 110 valence electrons. The molecule has 0 aliphatic heterocycles. The number of hydrogen-bond donors (Lipinski definition) is 0. The van der Waals surface area contributed by atoms with Gasteiger partial charge in [-0.1, -0.05) is 18.2 Å². The number of para-hydroxylation sites is 1. The van der Waals surface area contributed by atoms with Crippen LogP contribution in [0.1, 0.15) is 11.4 Å². The maximum absolute atomic E-state index is 5.96. The van der Waals surface area contributed by atoms with Gasteiger partial charge >= 0.3 is 0 Å². The van der Waals surface area contributed by atoms with Crippen LogP contribution in [0.25, 0.3) is 33.3 Å². The average Bonchev–Trinajstić information content (AvgIpc) is 2.96. The van der Waals surface area contributed by atoms with Crippen molar-refractivity contribution in [1.82, 2.24) is 9.78 Å². The highest BCUT2D eigenvalue weighted by Crippen LogP contribution is 2.33. The van der Waals surface area contributed by atoms with Gasteiger partial charge in [0.15, 0.2) is 0 Å². The van der Waals surface area contributed by atoms with Crippen LogP contribution >= 0.6 is 0 Å². The highest BCUT2D eigenvalue weighted by atomic mass is 16.3. The molecule has 22 heavy (non-hydrogen) atoms. The normalized spacial score (nSPS) is 11.6. The lowest BCUT2D eigenvalue weighted by Gasteiger charge is -2.04. The Labute approximate surface area is 128 Å². The molecular weight excluding hydrogens is 274 g/mol. The molecule has 0 atom stereocenters. The molecule has 0 unspecified atom stereocenters. The van der Waals surface area contributed by atoms with Crippen molar-refractivity contribution in [2.75, 3.05) is 0 Å². The summed E-state index contributed by atoms with van der Waals surface area (Å²) in [4.78, 5) is 0. The molecule has 0 aliphatic carbocycles. The summed E-state index contributed by atoms with van der Waals surface area (Å²) in [6.45, 7) is 4.13. The van der Waals surface area contributed by atoms with E-state index in [1.54, 1.807) is 0 Å². The third-order valence-electron chi connectivity index (χ3n) is 4.37. The maximum Gasteiger partial charge on any atom is 0.274 e. The smallest absolute Gasteiger partial charge is 0.274 e. The second-order valence-electron chi connectivity index (χ2n) is 5.81. The zero-order valence-electron chi connectivity index (χ0n) is 13.2. The number of hydrogen-bond acceptors (Lipinski definition) is 2. The Bertz CT molecular complexity index is 1020. The van der Waals surface area contributed by atoms with Crippen molar-refractivity contribution < 1.29 is 8.98 Å². The minimum atomic E-state index is 0.930. The van der Waals surface area contributed by atoms with Crippen LogP contribution < -0.4 is 4.57 Å². The van der Waals surface area contributed by atoms with E-state index >= 15 is 0 Å². The molecule has 0 N–H and O–H groups in total. The van der Waals surface area contributed by atoms with Gasteiger partial charge in [-0.05, 0) is 30.7 Å². The Hall–Kier alpha value is -2.62. The first-order valence-electron chi connectivity index (χ1n) is 7.38. The first kappa shape index (κ1) is 13.1. The zero-order valence-corrected chi connectivity index (χ0v) is 13.2. The molecule has 0 spiro atoms. The van der Waals surface area contributed by atoms with Gasteiger partial charge in [-0.2, -0.15) is 0 Å². The van der Waals surface area contributed by atoms with Crippen LogP contribution in [0.2, 0.25) is 0 Å². The molecule has 4 rings (SSSR count). The molecule has 0 fully saturated rings. The van der Waals surface area contributed by atoms with Crippen LogP contribution in [-0.4, -0.2) is 9.78 Å². The van der Waals surface area contributed by atoms with Gasteiger partial charge in [0.1, 0.15) is 11.2 Å². The lowest BCUT2D eigenvalue weighted by atomic mass is 10.0. The molecule has 0 saturated carbocycles. The van der Waals surface area contributed by atoms with Crippen molar-refractivity contribution in [3.8, 4) is 11.4 Å². The summed E-state index contributed by atoms with van der Waals surface area (Å²) in [7, 11) is 4.04. The van der Waals surface area contributed by atoms with Crippen molar-refractivity contribution in [2.45, 2.75) is 13.8 Å². The molecule has 4 aromatic rings. The standard InChI is InChI=1S/C18H18N3O/c1-11-9-17-15(13-7-5-6-8-16(13)22-17)10-14(11)18-20(3)12(2)19-21(18)4/h5-10H,1-4H3/q+1. The molecule has 0 radical (unpaired) electrons. The third-order valence-corrected chi connectivity index (χ3v) is 4.37. The largest absolute Gasteiger partial charge is 0.456 e.